The maximum Gasteiger partial charge on any atom is 0.269 e. The van der Waals surface area contributed by atoms with Gasteiger partial charge in [0.25, 0.3) is 5.91 Å². The first-order valence-electron chi connectivity index (χ1n) is 11.0. The van der Waals surface area contributed by atoms with Gasteiger partial charge in [-0.1, -0.05) is 18.5 Å². The molecule has 13 heteroatoms. The van der Waals surface area contributed by atoms with Gasteiger partial charge in [0.1, 0.15) is 22.7 Å². The normalized spacial score (nSPS) is 13.9. The number of hydrogen-bond donors (Lipinski definition) is 3. The Kier molecular flexibility index (Phi) is 5.46. The van der Waals surface area contributed by atoms with Gasteiger partial charge in [-0.3, -0.25) is 9.78 Å². The van der Waals surface area contributed by atoms with Crippen LogP contribution in [0, 0.1) is 0 Å². The molecule has 0 atom stereocenters. The van der Waals surface area contributed by atoms with Crippen LogP contribution in [0.1, 0.15) is 23.1 Å². The van der Waals surface area contributed by atoms with E-state index in [2.05, 4.69) is 40.1 Å². The van der Waals surface area contributed by atoms with E-state index in [1.165, 1.54) is 24.3 Å². The van der Waals surface area contributed by atoms with Crippen molar-refractivity contribution >= 4 is 57.3 Å². The summed E-state index contributed by atoms with van der Waals surface area (Å²) in [6.07, 6.45) is 8.71. The number of aromatic amines is 2. The highest BCUT2D eigenvalue weighted by molar-refractivity contribution is 7.99. The Morgan fingerprint density at radius 1 is 1.23 bits per heavy atom. The second-order valence-corrected chi connectivity index (χ2v) is 9.46. The van der Waals surface area contributed by atoms with Crippen molar-refractivity contribution in [3.63, 3.8) is 0 Å². The van der Waals surface area contributed by atoms with Gasteiger partial charge in [0.15, 0.2) is 10.8 Å². The number of nitrogens with one attached hydrogen (secondary N) is 3. The number of hydrogen-bond acceptors (Lipinski definition) is 9. The summed E-state index contributed by atoms with van der Waals surface area (Å²) >= 11 is 8.10. The van der Waals surface area contributed by atoms with Crippen molar-refractivity contribution < 1.29 is 4.79 Å². The van der Waals surface area contributed by atoms with Gasteiger partial charge in [-0.25, -0.2) is 24.9 Å². The smallest absolute Gasteiger partial charge is 0.269 e. The number of aromatic nitrogens is 8. The van der Waals surface area contributed by atoms with Crippen molar-refractivity contribution in [1.29, 1.82) is 0 Å². The fraction of sp³-hybridized carbons (Fsp3) is 0.227. The highest BCUT2D eigenvalue weighted by Crippen LogP contribution is 2.38. The number of amides is 1. The molecule has 1 fully saturated rings. The molecule has 176 valence electrons. The lowest BCUT2D eigenvalue weighted by Gasteiger charge is -2.40. The van der Waals surface area contributed by atoms with Crippen LogP contribution < -0.4 is 10.2 Å². The first-order valence-corrected chi connectivity index (χ1v) is 12.2. The van der Waals surface area contributed by atoms with Crippen LogP contribution in [0.2, 0.25) is 5.02 Å². The summed E-state index contributed by atoms with van der Waals surface area (Å²) in [4.78, 5) is 47.8. The zero-order valence-corrected chi connectivity index (χ0v) is 20.1. The number of aryl methyl sites for hydroxylation is 1. The van der Waals surface area contributed by atoms with Crippen LogP contribution in [0.25, 0.3) is 22.2 Å². The molecule has 6 rings (SSSR count). The zero-order chi connectivity index (χ0) is 23.9. The number of H-pyrrole nitrogens is 2. The van der Waals surface area contributed by atoms with Crippen molar-refractivity contribution in [3.8, 4) is 0 Å². The van der Waals surface area contributed by atoms with E-state index < -0.39 is 0 Å². The minimum atomic E-state index is -0.184. The summed E-state index contributed by atoms with van der Waals surface area (Å²) in [5.74, 6) is 0.551. The molecule has 11 nitrogen and oxygen atoms in total. The zero-order valence-electron chi connectivity index (χ0n) is 18.5. The maximum absolute atomic E-state index is 12.3. The SMILES string of the molecule is CCc1[nH]c2nc(Sc3cnc4nccnc4c3)nc(N3CC(NC(=O)c4cnc[nH]4)C3)c2c1Cl. The molecule has 0 bridgehead atoms. The molecule has 35 heavy (non-hydrogen) atoms. The molecule has 1 aliphatic heterocycles. The summed E-state index contributed by atoms with van der Waals surface area (Å²) in [5.41, 5.74) is 3.31. The number of imidazole rings is 1. The topological polar surface area (TPSA) is 141 Å². The van der Waals surface area contributed by atoms with Crippen LogP contribution in [0.3, 0.4) is 0 Å². The van der Waals surface area contributed by atoms with Crippen molar-refractivity contribution in [1.82, 2.24) is 45.2 Å². The molecule has 0 aromatic carbocycles. The van der Waals surface area contributed by atoms with Gasteiger partial charge in [-0.05, 0) is 24.2 Å². The molecule has 1 amide bonds. The molecule has 1 saturated heterocycles. The number of fused-ring (bicyclic) bond motifs is 2. The van der Waals surface area contributed by atoms with Crippen LogP contribution in [0.4, 0.5) is 5.82 Å². The number of anilines is 1. The second kappa shape index (κ2) is 8.78. The minimum absolute atomic E-state index is 0.0152. The summed E-state index contributed by atoms with van der Waals surface area (Å²) in [6.45, 7) is 3.24. The monoisotopic (exact) mass is 506 g/mol. The first kappa shape index (κ1) is 21.7. The molecule has 0 saturated carbocycles. The predicted molar refractivity (Wildman–Crippen MR) is 132 cm³/mol. The Bertz CT molecular complexity index is 1550. The van der Waals surface area contributed by atoms with Gasteiger partial charge >= 0.3 is 0 Å². The molecule has 5 aromatic rings. The van der Waals surface area contributed by atoms with Crippen molar-refractivity contribution in [2.45, 2.75) is 29.4 Å². The molecule has 0 aliphatic carbocycles. The number of nitrogens with zero attached hydrogens (tertiary/aromatic N) is 7. The number of pyridine rings is 1. The number of halogens is 1. The third kappa shape index (κ3) is 4.04. The molecular formula is C22H19ClN10OS. The molecule has 0 spiro atoms. The number of rotatable bonds is 6. The van der Waals surface area contributed by atoms with Crippen molar-refractivity contribution in [2.75, 3.05) is 18.0 Å². The minimum Gasteiger partial charge on any atom is -0.352 e. The maximum atomic E-state index is 12.3. The van der Waals surface area contributed by atoms with Crippen LogP contribution >= 0.6 is 23.4 Å². The van der Waals surface area contributed by atoms with Gasteiger partial charge < -0.3 is 20.2 Å². The lowest BCUT2D eigenvalue weighted by molar-refractivity contribution is 0.0925. The highest BCUT2D eigenvalue weighted by atomic mass is 35.5. The average molecular weight is 507 g/mol. The molecule has 0 unspecified atom stereocenters. The lowest BCUT2D eigenvalue weighted by Crippen LogP contribution is -2.59. The molecule has 0 radical (unpaired) electrons. The van der Waals surface area contributed by atoms with Gasteiger partial charge in [0.2, 0.25) is 0 Å². The Morgan fingerprint density at radius 2 is 2.09 bits per heavy atom. The highest BCUT2D eigenvalue weighted by Gasteiger charge is 2.32. The summed E-state index contributed by atoms with van der Waals surface area (Å²) in [5, 5.41) is 4.98. The average Bonchev–Trinajstić information content (AvgIpc) is 3.49. The number of carbonyl (C=O) groups excluding carboxylic acids is 1. The fourth-order valence-electron chi connectivity index (χ4n) is 3.97. The summed E-state index contributed by atoms with van der Waals surface area (Å²) < 4.78 is 0. The molecular weight excluding hydrogens is 488 g/mol. The largest absolute Gasteiger partial charge is 0.352 e. The van der Waals surface area contributed by atoms with Crippen molar-refractivity contribution in [3.05, 3.63) is 53.6 Å². The molecule has 6 heterocycles. The van der Waals surface area contributed by atoms with E-state index in [1.54, 1.807) is 18.6 Å². The third-order valence-corrected chi connectivity index (χ3v) is 6.99. The van der Waals surface area contributed by atoms with Gasteiger partial charge in [0.05, 0.1) is 29.0 Å². The fourth-order valence-corrected chi connectivity index (χ4v) is 5.09. The third-order valence-electron chi connectivity index (χ3n) is 5.74. The molecule has 3 N–H and O–H groups in total. The van der Waals surface area contributed by atoms with E-state index in [0.717, 1.165) is 28.2 Å². The van der Waals surface area contributed by atoms with Crippen LogP contribution in [-0.4, -0.2) is 64.9 Å². The quantitative estimate of drug-likeness (QED) is 0.296. The first-order chi connectivity index (χ1) is 17.1. The Hall–Kier alpha value is -3.77. The van der Waals surface area contributed by atoms with Crippen LogP contribution in [0.5, 0.6) is 0 Å². The summed E-state index contributed by atoms with van der Waals surface area (Å²) in [6, 6.07) is 1.90. The van der Waals surface area contributed by atoms with Gasteiger partial charge in [-0.2, -0.15) is 0 Å². The van der Waals surface area contributed by atoms with Gasteiger partial charge in [-0.15, -0.1) is 0 Å². The van der Waals surface area contributed by atoms with Crippen LogP contribution in [-0.2, 0) is 6.42 Å². The lowest BCUT2D eigenvalue weighted by atomic mass is 10.1. The standard InChI is InChI=1S/C22H19ClN10OS/c1-2-13-17(23)16-19(30-13)31-22(35-12-5-14-18(27-6-12)26-4-3-25-14)32-20(16)33-8-11(9-33)29-21(34)15-7-24-10-28-15/h3-7,10-11H,2,8-9H2,1H3,(H,24,28)(H,29,34)(H,30,31,32). The second-order valence-electron chi connectivity index (χ2n) is 8.04. The van der Waals surface area contributed by atoms with Gasteiger partial charge in [0, 0.05) is 42.3 Å². The van der Waals surface area contributed by atoms with E-state index in [9.17, 15) is 4.79 Å². The molecule has 1 aliphatic rings. The Morgan fingerprint density at radius 3 is 2.89 bits per heavy atom. The van der Waals surface area contributed by atoms with E-state index in [0.29, 0.717) is 45.8 Å². The van der Waals surface area contributed by atoms with E-state index >= 15 is 0 Å². The Labute approximate surface area is 208 Å². The molecule has 5 aromatic heterocycles. The predicted octanol–water partition coefficient (Wildman–Crippen LogP) is 3.00. The number of carbonyl (C=O) groups is 1. The van der Waals surface area contributed by atoms with E-state index in [1.807, 2.05) is 13.0 Å². The Balaban J connectivity index is 1.29. The van der Waals surface area contributed by atoms with Crippen molar-refractivity contribution in [2.24, 2.45) is 0 Å². The summed E-state index contributed by atoms with van der Waals surface area (Å²) in [7, 11) is 0. The van der Waals surface area contributed by atoms with Crippen LogP contribution in [0.15, 0.2) is 47.2 Å². The van der Waals surface area contributed by atoms with E-state index in [-0.39, 0.29) is 11.9 Å². The van der Waals surface area contributed by atoms with E-state index in [4.69, 9.17) is 21.6 Å².